The Morgan fingerprint density at radius 2 is 1.79 bits per heavy atom. The van der Waals surface area contributed by atoms with E-state index in [0.29, 0.717) is 42.5 Å². The molecule has 1 saturated heterocycles. The maximum absolute atomic E-state index is 12.8. The molecule has 0 spiro atoms. The highest BCUT2D eigenvalue weighted by Gasteiger charge is 2.31. The van der Waals surface area contributed by atoms with Crippen molar-refractivity contribution in [2.45, 2.75) is 12.5 Å². The molecule has 2 heterocycles. The molecule has 0 saturated carbocycles. The van der Waals surface area contributed by atoms with E-state index in [4.69, 9.17) is 11.6 Å². The molecule has 1 atom stereocenters. The van der Waals surface area contributed by atoms with Crippen LogP contribution in [0.1, 0.15) is 16.8 Å². The number of para-hydroxylation sites is 1. The van der Waals surface area contributed by atoms with Crippen LogP contribution >= 0.6 is 11.6 Å². The first kappa shape index (κ1) is 19.3. The number of amides is 3. The number of anilines is 2. The van der Waals surface area contributed by atoms with Crippen LogP contribution in [0.2, 0.25) is 5.02 Å². The first-order valence-electron chi connectivity index (χ1n) is 9.50. The van der Waals surface area contributed by atoms with Crippen LogP contribution in [-0.2, 0) is 9.59 Å². The third-order valence-electron chi connectivity index (χ3n) is 5.24. The second kappa shape index (κ2) is 8.13. The summed E-state index contributed by atoms with van der Waals surface area (Å²) >= 11 is 6.06. The number of halogens is 1. The summed E-state index contributed by atoms with van der Waals surface area (Å²) in [5, 5.41) is 6.08. The Morgan fingerprint density at radius 1 is 1.03 bits per heavy atom. The summed E-state index contributed by atoms with van der Waals surface area (Å²) in [5.41, 5.74) is 1.88. The molecule has 3 amide bonds. The fourth-order valence-corrected chi connectivity index (χ4v) is 3.83. The van der Waals surface area contributed by atoms with E-state index in [-0.39, 0.29) is 24.1 Å². The van der Waals surface area contributed by atoms with Crippen LogP contribution < -0.4 is 15.5 Å². The molecule has 2 aromatic rings. The summed E-state index contributed by atoms with van der Waals surface area (Å²) in [5.74, 6) is -0.890. The van der Waals surface area contributed by atoms with Crippen LogP contribution in [0.5, 0.6) is 0 Å². The Balaban J connectivity index is 1.36. The van der Waals surface area contributed by atoms with Crippen LogP contribution in [0.4, 0.5) is 11.4 Å². The van der Waals surface area contributed by atoms with Crippen molar-refractivity contribution in [1.82, 2.24) is 10.2 Å². The number of hydrogen-bond donors (Lipinski definition) is 2. The number of rotatable bonds is 3. The molecule has 4 rings (SSSR count). The van der Waals surface area contributed by atoms with Crippen LogP contribution in [0, 0.1) is 0 Å². The van der Waals surface area contributed by atoms with Crippen molar-refractivity contribution in [2.75, 3.05) is 36.4 Å². The third-order valence-corrected chi connectivity index (χ3v) is 5.47. The van der Waals surface area contributed by atoms with Crippen molar-refractivity contribution in [3.63, 3.8) is 0 Å². The van der Waals surface area contributed by atoms with Gasteiger partial charge in [0.15, 0.2) is 0 Å². The molecule has 0 aromatic heterocycles. The normalized spacial score (nSPS) is 19.1. The van der Waals surface area contributed by atoms with E-state index in [1.54, 1.807) is 29.2 Å². The van der Waals surface area contributed by atoms with Gasteiger partial charge in [0.25, 0.3) is 5.91 Å². The predicted octanol–water partition coefficient (Wildman–Crippen LogP) is 2.13. The number of piperazine rings is 1. The maximum Gasteiger partial charge on any atom is 0.254 e. The molecule has 0 bridgehead atoms. The van der Waals surface area contributed by atoms with Crippen molar-refractivity contribution in [3.05, 3.63) is 59.1 Å². The molecule has 1 fully saturated rings. The van der Waals surface area contributed by atoms with Gasteiger partial charge in [-0.1, -0.05) is 29.8 Å². The second-order valence-corrected chi connectivity index (χ2v) is 7.55. The van der Waals surface area contributed by atoms with Gasteiger partial charge < -0.3 is 20.4 Å². The second-order valence-electron chi connectivity index (χ2n) is 7.11. The number of hydrogen-bond acceptors (Lipinski definition) is 4. The number of carbonyl (C=O) groups is 3. The van der Waals surface area contributed by atoms with Gasteiger partial charge in [-0.15, -0.1) is 0 Å². The van der Waals surface area contributed by atoms with Gasteiger partial charge in [0, 0.05) is 36.9 Å². The van der Waals surface area contributed by atoms with Gasteiger partial charge in [0.1, 0.15) is 6.04 Å². The van der Waals surface area contributed by atoms with E-state index in [1.807, 2.05) is 24.3 Å². The lowest BCUT2D eigenvalue weighted by atomic mass is 10.1. The highest BCUT2D eigenvalue weighted by molar-refractivity contribution is 6.30. The minimum atomic E-state index is -0.895. The molecule has 29 heavy (non-hydrogen) atoms. The zero-order valence-electron chi connectivity index (χ0n) is 15.7. The summed E-state index contributed by atoms with van der Waals surface area (Å²) < 4.78 is 0. The van der Waals surface area contributed by atoms with Gasteiger partial charge in [-0.25, -0.2) is 0 Å². The SMILES string of the molecule is O=C1NC(CC(=O)N2CCN(c3cccc(Cl)c3)CC2)C(=O)Nc2ccccc21. The minimum Gasteiger partial charge on any atom is -0.368 e. The zero-order chi connectivity index (χ0) is 20.4. The summed E-state index contributed by atoms with van der Waals surface area (Å²) in [4.78, 5) is 41.6. The predicted molar refractivity (Wildman–Crippen MR) is 111 cm³/mol. The maximum atomic E-state index is 12.8. The Kier molecular flexibility index (Phi) is 5.40. The fourth-order valence-electron chi connectivity index (χ4n) is 3.65. The highest BCUT2D eigenvalue weighted by atomic mass is 35.5. The van der Waals surface area contributed by atoms with Crippen molar-refractivity contribution in [2.24, 2.45) is 0 Å². The van der Waals surface area contributed by atoms with Gasteiger partial charge in [-0.05, 0) is 30.3 Å². The van der Waals surface area contributed by atoms with E-state index in [2.05, 4.69) is 15.5 Å². The molecular formula is C21H21ClN4O3. The van der Waals surface area contributed by atoms with Crippen LogP contribution in [0.25, 0.3) is 0 Å². The number of carbonyl (C=O) groups excluding carboxylic acids is 3. The molecule has 0 radical (unpaired) electrons. The Morgan fingerprint density at radius 3 is 2.55 bits per heavy atom. The molecular weight excluding hydrogens is 392 g/mol. The molecule has 1 unspecified atom stereocenters. The van der Waals surface area contributed by atoms with E-state index in [9.17, 15) is 14.4 Å². The molecule has 8 heteroatoms. The Hall–Kier alpha value is -3.06. The van der Waals surface area contributed by atoms with E-state index in [1.165, 1.54) is 0 Å². The molecule has 7 nitrogen and oxygen atoms in total. The molecule has 2 aliphatic rings. The lowest BCUT2D eigenvalue weighted by Crippen LogP contribution is -2.51. The van der Waals surface area contributed by atoms with Gasteiger partial charge >= 0.3 is 0 Å². The number of benzene rings is 2. The highest BCUT2D eigenvalue weighted by Crippen LogP contribution is 2.22. The van der Waals surface area contributed by atoms with Crippen molar-refractivity contribution in [3.8, 4) is 0 Å². The molecule has 2 aliphatic heterocycles. The lowest BCUT2D eigenvalue weighted by molar-refractivity contribution is -0.134. The first-order chi connectivity index (χ1) is 14.0. The van der Waals surface area contributed by atoms with Gasteiger partial charge in [0.2, 0.25) is 11.8 Å². The lowest BCUT2D eigenvalue weighted by Gasteiger charge is -2.36. The molecule has 150 valence electrons. The summed E-state index contributed by atoms with van der Waals surface area (Å²) in [7, 11) is 0. The number of fused-ring (bicyclic) bond motifs is 1. The van der Waals surface area contributed by atoms with Gasteiger partial charge in [-0.2, -0.15) is 0 Å². The topological polar surface area (TPSA) is 81.8 Å². The Bertz CT molecular complexity index is 956. The van der Waals surface area contributed by atoms with Gasteiger partial charge in [0.05, 0.1) is 17.7 Å². The average Bonchev–Trinajstić information content (AvgIpc) is 2.84. The third kappa shape index (κ3) is 4.19. The summed E-state index contributed by atoms with van der Waals surface area (Å²) in [6, 6.07) is 13.5. The molecule has 2 aromatic carbocycles. The first-order valence-corrected chi connectivity index (χ1v) is 9.88. The molecule has 2 N–H and O–H groups in total. The van der Waals surface area contributed by atoms with Crippen LogP contribution in [0.15, 0.2) is 48.5 Å². The van der Waals surface area contributed by atoms with E-state index in [0.717, 1.165) is 5.69 Å². The average molecular weight is 413 g/mol. The van der Waals surface area contributed by atoms with E-state index < -0.39 is 6.04 Å². The van der Waals surface area contributed by atoms with Crippen molar-refractivity contribution >= 4 is 40.7 Å². The summed E-state index contributed by atoms with van der Waals surface area (Å²) in [6.45, 7) is 2.46. The zero-order valence-corrected chi connectivity index (χ0v) is 16.5. The van der Waals surface area contributed by atoms with E-state index >= 15 is 0 Å². The van der Waals surface area contributed by atoms with Crippen LogP contribution in [-0.4, -0.2) is 54.8 Å². The Labute approximate surface area is 173 Å². The quantitative estimate of drug-likeness (QED) is 0.809. The van der Waals surface area contributed by atoms with Gasteiger partial charge in [-0.3, -0.25) is 14.4 Å². The largest absolute Gasteiger partial charge is 0.368 e. The number of nitrogens with zero attached hydrogens (tertiary/aromatic N) is 2. The molecule has 0 aliphatic carbocycles. The standard InChI is InChI=1S/C21H21ClN4O3/c22-14-4-3-5-15(12-14)25-8-10-26(11-9-25)19(27)13-18-21(29)23-17-7-2-1-6-16(17)20(28)24-18/h1-7,12,18H,8-11,13H2,(H,23,29)(H,24,28). The van der Waals surface area contributed by atoms with Crippen LogP contribution in [0.3, 0.4) is 0 Å². The van der Waals surface area contributed by atoms with Crippen molar-refractivity contribution < 1.29 is 14.4 Å². The number of nitrogens with one attached hydrogen (secondary N) is 2. The fraction of sp³-hybridized carbons (Fsp3) is 0.286. The smallest absolute Gasteiger partial charge is 0.254 e. The monoisotopic (exact) mass is 412 g/mol. The summed E-state index contributed by atoms with van der Waals surface area (Å²) in [6.07, 6.45) is -0.0667. The minimum absolute atomic E-state index is 0.0667. The van der Waals surface area contributed by atoms with Crippen molar-refractivity contribution in [1.29, 1.82) is 0 Å².